The van der Waals surface area contributed by atoms with E-state index >= 15 is 0 Å². The van der Waals surface area contributed by atoms with Crippen LogP contribution in [-0.2, 0) is 4.79 Å². The molecule has 0 bridgehead atoms. The minimum Gasteiger partial charge on any atom is -0.483 e. The predicted octanol–water partition coefficient (Wildman–Crippen LogP) is 1.61. The first-order valence-electron chi connectivity index (χ1n) is 4.77. The minimum absolute atomic E-state index is 0.112. The molecule has 1 amide bonds. The highest BCUT2D eigenvalue weighted by Gasteiger charge is 2.10. The molecule has 0 saturated heterocycles. The van der Waals surface area contributed by atoms with Crippen molar-refractivity contribution in [2.24, 2.45) is 0 Å². The van der Waals surface area contributed by atoms with Crippen LogP contribution < -0.4 is 4.74 Å². The standard InChI is InChI=1S/C11H12BrNO4/c1-13(2)10(14)6-17-9-5-7(11(15)16)3-4-8(9)12/h3-5H,6H2,1-2H3,(H,15,16). The largest absolute Gasteiger partial charge is 0.483 e. The van der Waals surface area contributed by atoms with Gasteiger partial charge in [-0.1, -0.05) is 0 Å². The average Bonchev–Trinajstić information content (AvgIpc) is 2.26. The maximum atomic E-state index is 11.3. The Bertz CT molecular complexity index is 445. The fourth-order valence-electron chi connectivity index (χ4n) is 1.02. The summed E-state index contributed by atoms with van der Waals surface area (Å²) in [4.78, 5) is 23.5. The number of carbonyl (C=O) groups excluding carboxylic acids is 1. The molecular weight excluding hydrogens is 290 g/mol. The summed E-state index contributed by atoms with van der Waals surface area (Å²) in [6.45, 7) is -0.130. The van der Waals surface area contributed by atoms with Gasteiger partial charge in [-0.25, -0.2) is 4.79 Å². The maximum Gasteiger partial charge on any atom is 0.335 e. The molecule has 0 fully saturated rings. The molecule has 0 heterocycles. The van der Waals surface area contributed by atoms with Gasteiger partial charge in [0.2, 0.25) is 0 Å². The van der Waals surface area contributed by atoms with E-state index in [0.29, 0.717) is 10.2 Å². The van der Waals surface area contributed by atoms with Crippen molar-refractivity contribution in [3.8, 4) is 5.75 Å². The number of ether oxygens (including phenoxy) is 1. The van der Waals surface area contributed by atoms with Crippen molar-refractivity contribution in [1.82, 2.24) is 4.90 Å². The van der Waals surface area contributed by atoms with E-state index in [0.717, 1.165) is 0 Å². The van der Waals surface area contributed by atoms with Gasteiger partial charge in [0.1, 0.15) is 5.75 Å². The zero-order valence-electron chi connectivity index (χ0n) is 9.44. The summed E-state index contributed by atoms with van der Waals surface area (Å²) < 4.78 is 5.85. The summed E-state index contributed by atoms with van der Waals surface area (Å²) >= 11 is 3.22. The van der Waals surface area contributed by atoms with Crippen LogP contribution in [0, 0.1) is 0 Å². The number of hydrogen-bond donors (Lipinski definition) is 1. The Kier molecular flexibility index (Phi) is 4.51. The Balaban J connectivity index is 2.80. The van der Waals surface area contributed by atoms with E-state index in [9.17, 15) is 9.59 Å². The molecular formula is C11H12BrNO4. The number of carbonyl (C=O) groups is 2. The van der Waals surface area contributed by atoms with Crippen molar-refractivity contribution in [3.63, 3.8) is 0 Å². The molecule has 0 saturated carbocycles. The molecule has 1 aromatic carbocycles. The van der Waals surface area contributed by atoms with E-state index < -0.39 is 5.97 Å². The van der Waals surface area contributed by atoms with Crippen molar-refractivity contribution in [1.29, 1.82) is 0 Å². The molecule has 0 atom stereocenters. The van der Waals surface area contributed by atoms with E-state index in [-0.39, 0.29) is 18.1 Å². The van der Waals surface area contributed by atoms with Crippen LogP contribution in [0.1, 0.15) is 10.4 Å². The van der Waals surface area contributed by atoms with Crippen LogP contribution in [0.4, 0.5) is 0 Å². The highest BCUT2D eigenvalue weighted by Crippen LogP contribution is 2.26. The molecule has 1 aromatic rings. The SMILES string of the molecule is CN(C)C(=O)COc1cc(C(=O)O)ccc1Br. The lowest BCUT2D eigenvalue weighted by atomic mass is 10.2. The molecule has 0 radical (unpaired) electrons. The second-order valence-electron chi connectivity index (χ2n) is 3.53. The van der Waals surface area contributed by atoms with Crippen LogP contribution in [0.3, 0.4) is 0 Å². The molecule has 5 nitrogen and oxygen atoms in total. The van der Waals surface area contributed by atoms with Gasteiger partial charge in [-0.05, 0) is 34.1 Å². The number of carboxylic acid groups (broad SMARTS) is 1. The predicted molar refractivity (Wildman–Crippen MR) is 65.3 cm³/mol. The minimum atomic E-state index is -1.04. The van der Waals surface area contributed by atoms with Crippen molar-refractivity contribution in [2.45, 2.75) is 0 Å². The van der Waals surface area contributed by atoms with Crippen LogP contribution in [0.2, 0.25) is 0 Å². The summed E-state index contributed by atoms with van der Waals surface area (Å²) in [6, 6.07) is 4.39. The van der Waals surface area contributed by atoms with Gasteiger partial charge in [0.25, 0.3) is 5.91 Å². The van der Waals surface area contributed by atoms with Crippen molar-refractivity contribution >= 4 is 27.8 Å². The fourth-order valence-corrected chi connectivity index (χ4v) is 1.38. The molecule has 0 aliphatic heterocycles. The topological polar surface area (TPSA) is 66.8 Å². The molecule has 1 rings (SSSR count). The Hall–Kier alpha value is -1.56. The zero-order valence-corrected chi connectivity index (χ0v) is 11.0. The van der Waals surface area contributed by atoms with E-state index in [4.69, 9.17) is 9.84 Å². The smallest absolute Gasteiger partial charge is 0.335 e. The molecule has 1 N–H and O–H groups in total. The van der Waals surface area contributed by atoms with Gasteiger partial charge in [0, 0.05) is 14.1 Å². The van der Waals surface area contributed by atoms with Crippen LogP contribution in [0.15, 0.2) is 22.7 Å². The highest BCUT2D eigenvalue weighted by atomic mass is 79.9. The molecule has 0 aliphatic carbocycles. The van der Waals surface area contributed by atoms with Gasteiger partial charge in [-0.15, -0.1) is 0 Å². The van der Waals surface area contributed by atoms with E-state index in [1.807, 2.05) is 0 Å². The first-order valence-corrected chi connectivity index (χ1v) is 5.57. The lowest BCUT2D eigenvalue weighted by molar-refractivity contribution is -0.130. The van der Waals surface area contributed by atoms with Gasteiger partial charge < -0.3 is 14.7 Å². The molecule has 0 aliphatic rings. The van der Waals surface area contributed by atoms with Gasteiger partial charge in [0.05, 0.1) is 10.0 Å². The fraction of sp³-hybridized carbons (Fsp3) is 0.273. The third-order valence-corrected chi connectivity index (χ3v) is 2.68. The summed E-state index contributed by atoms with van der Waals surface area (Å²) in [5.74, 6) is -0.904. The van der Waals surface area contributed by atoms with Crippen molar-refractivity contribution in [3.05, 3.63) is 28.2 Å². The van der Waals surface area contributed by atoms with Gasteiger partial charge in [-0.2, -0.15) is 0 Å². The number of amides is 1. The summed E-state index contributed by atoms with van der Waals surface area (Å²) in [5, 5.41) is 8.82. The number of benzene rings is 1. The highest BCUT2D eigenvalue weighted by molar-refractivity contribution is 9.10. The number of rotatable bonds is 4. The zero-order chi connectivity index (χ0) is 13.0. The van der Waals surface area contributed by atoms with Crippen LogP contribution >= 0.6 is 15.9 Å². The lowest BCUT2D eigenvalue weighted by Crippen LogP contribution is -2.27. The molecule has 6 heteroatoms. The Morgan fingerprint density at radius 3 is 2.59 bits per heavy atom. The Morgan fingerprint density at radius 2 is 2.06 bits per heavy atom. The van der Waals surface area contributed by atoms with Gasteiger partial charge in [0.15, 0.2) is 6.61 Å². The molecule has 0 unspecified atom stereocenters. The maximum absolute atomic E-state index is 11.3. The molecule has 92 valence electrons. The van der Waals surface area contributed by atoms with E-state index in [1.165, 1.54) is 17.0 Å². The third kappa shape index (κ3) is 3.74. The first kappa shape index (κ1) is 13.5. The van der Waals surface area contributed by atoms with Crippen molar-refractivity contribution in [2.75, 3.05) is 20.7 Å². The second kappa shape index (κ2) is 5.67. The van der Waals surface area contributed by atoms with E-state index in [2.05, 4.69) is 15.9 Å². The first-order chi connectivity index (χ1) is 7.91. The second-order valence-corrected chi connectivity index (χ2v) is 4.38. The molecule has 0 aromatic heterocycles. The lowest BCUT2D eigenvalue weighted by Gasteiger charge is -2.12. The van der Waals surface area contributed by atoms with Crippen LogP contribution in [-0.4, -0.2) is 42.6 Å². The van der Waals surface area contributed by atoms with Crippen LogP contribution in [0.25, 0.3) is 0 Å². The Labute approximate surface area is 107 Å². The average molecular weight is 302 g/mol. The third-order valence-electron chi connectivity index (χ3n) is 2.03. The van der Waals surface area contributed by atoms with Crippen LogP contribution in [0.5, 0.6) is 5.75 Å². The summed E-state index contributed by atoms with van der Waals surface area (Å²) in [5.41, 5.74) is 0.112. The number of nitrogens with zero attached hydrogens (tertiary/aromatic N) is 1. The van der Waals surface area contributed by atoms with Gasteiger partial charge in [-0.3, -0.25) is 4.79 Å². The summed E-state index contributed by atoms with van der Waals surface area (Å²) in [7, 11) is 3.24. The summed E-state index contributed by atoms with van der Waals surface area (Å²) in [6.07, 6.45) is 0. The number of aromatic carboxylic acids is 1. The normalized spacial score (nSPS) is 9.82. The number of halogens is 1. The Morgan fingerprint density at radius 1 is 1.41 bits per heavy atom. The number of hydrogen-bond acceptors (Lipinski definition) is 3. The van der Waals surface area contributed by atoms with E-state index in [1.54, 1.807) is 20.2 Å². The monoisotopic (exact) mass is 301 g/mol. The number of carboxylic acids is 1. The molecule has 0 spiro atoms. The van der Waals surface area contributed by atoms with Gasteiger partial charge >= 0.3 is 5.97 Å². The molecule has 17 heavy (non-hydrogen) atoms. The van der Waals surface area contributed by atoms with Crippen molar-refractivity contribution < 1.29 is 19.4 Å². The quantitative estimate of drug-likeness (QED) is 0.917. The number of likely N-dealkylation sites (N-methyl/N-ethyl adjacent to an activating group) is 1.